The molecule has 10 heteroatoms. The average molecular weight is 628 g/mol. The highest BCUT2D eigenvalue weighted by Crippen LogP contribution is 2.36. The molecule has 0 spiro atoms. The zero-order valence-corrected chi connectivity index (χ0v) is 26.1. The van der Waals surface area contributed by atoms with Crippen LogP contribution in [0, 0.1) is 0 Å². The molecule has 0 saturated carbocycles. The molecule has 0 unspecified atom stereocenters. The van der Waals surface area contributed by atoms with Crippen LogP contribution in [0.2, 0.25) is 5.02 Å². The molecular formula is C34H41ClF3N5O. The Kier molecular flexibility index (Phi) is 9.92. The molecule has 1 aliphatic rings. The molecule has 1 fully saturated rings. The number of rotatable bonds is 11. The minimum atomic E-state index is -4.77. The molecule has 0 radical (unpaired) electrons. The zero-order chi connectivity index (χ0) is 31.5. The van der Waals surface area contributed by atoms with E-state index >= 15 is 0 Å². The third-order valence-corrected chi connectivity index (χ3v) is 8.58. The Morgan fingerprint density at radius 2 is 1.57 bits per heavy atom. The fraction of sp³-hybridized carbons (Fsp3) is 0.412. The third kappa shape index (κ3) is 8.34. The second-order valence-electron chi connectivity index (χ2n) is 12.4. The van der Waals surface area contributed by atoms with Gasteiger partial charge in [-0.1, -0.05) is 41.9 Å². The van der Waals surface area contributed by atoms with E-state index in [0.29, 0.717) is 5.56 Å². The summed E-state index contributed by atoms with van der Waals surface area (Å²) in [5.41, 5.74) is 17.8. The maximum atomic E-state index is 12.9. The van der Waals surface area contributed by atoms with E-state index in [1.165, 1.54) is 17.7 Å². The summed E-state index contributed by atoms with van der Waals surface area (Å²) in [4.78, 5) is 4.89. The lowest BCUT2D eigenvalue weighted by Gasteiger charge is -2.35. The van der Waals surface area contributed by atoms with E-state index in [0.717, 1.165) is 91.3 Å². The van der Waals surface area contributed by atoms with Crippen molar-refractivity contribution in [3.05, 3.63) is 88.6 Å². The van der Waals surface area contributed by atoms with Gasteiger partial charge < -0.3 is 20.8 Å². The van der Waals surface area contributed by atoms with Gasteiger partial charge in [-0.25, -0.2) is 0 Å². The summed E-state index contributed by atoms with van der Waals surface area (Å²) in [5.74, 6) is -0.273. The highest BCUT2D eigenvalue weighted by atomic mass is 35.5. The van der Waals surface area contributed by atoms with Crippen molar-refractivity contribution >= 4 is 22.5 Å². The topological polar surface area (TPSA) is 72.7 Å². The van der Waals surface area contributed by atoms with Gasteiger partial charge in [-0.05, 0) is 79.3 Å². The lowest BCUT2D eigenvalue weighted by atomic mass is 9.98. The number of nitrogens with zero attached hydrogens (tertiary/aromatic N) is 3. The quantitative estimate of drug-likeness (QED) is 0.185. The van der Waals surface area contributed by atoms with E-state index in [1.54, 1.807) is 6.07 Å². The fourth-order valence-corrected chi connectivity index (χ4v) is 6.17. The summed E-state index contributed by atoms with van der Waals surface area (Å²) in [6.07, 6.45) is -0.922. The first-order chi connectivity index (χ1) is 20.9. The SMILES string of the molecule is CC(C)(N)CCCn1cc(-c2ccc(OC(F)(F)F)cc2CN)c2cc(CN3CCN(Cc4ccccc4Cl)CC3)ccc21. The largest absolute Gasteiger partial charge is 0.573 e. The Labute approximate surface area is 262 Å². The van der Waals surface area contributed by atoms with Crippen LogP contribution in [0.25, 0.3) is 22.0 Å². The van der Waals surface area contributed by atoms with E-state index in [4.69, 9.17) is 23.1 Å². The number of aromatic nitrogens is 1. The highest BCUT2D eigenvalue weighted by Gasteiger charge is 2.31. The van der Waals surface area contributed by atoms with Crippen molar-refractivity contribution in [2.24, 2.45) is 11.5 Å². The lowest BCUT2D eigenvalue weighted by Crippen LogP contribution is -2.45. The van der Waals surface area contributed by atoms with Crippen LogP contribution in [0.15, 0.2) is 66.9 Å². The summed E-state index contributed by atoms with van der Waals surface area (Å²) in [5, 5.41) is 1.85. The van der Waals surface area contributed by atoms with Gasteiger partial charge in [0.15, 0.2) is 0 Å². The van der Waals surface area contributed by atoms with Gasteiger partial charge in [0.2, 0.25) is 0 Å². The smallest absolute Gasteiger partial charge is 0.406 e. The van der Waals surface area contributed by atoms with Crippen molar-refractivity contribution in [1.29, 1.82) is 0 Å². The van der Waals surface area contributed by atoms with E-state index < -0.39 is 6.36 Å². The van der Waals surface area contributed by atoms with Crippen molar-refractivity contribution in [2.45, 2.75) is 64.8 Å². The molecule has 0 atom stereocenters. The van der Waals surface area contributed by atoms with Gasteiger partial charge in [0.25, 0.3) is 0 Å². The van der Waals surface area contributed by atoms with Gasteiger partial charge in [0, 0.05) is 85.6 Å². The van der Waals surface area contributed by atoms with Crippen molar-refractivity contribution in [1.82, 2.24) is 14.4 Å². The number of nitrogens with two attached hydrogens (primary N) is 2. The van der Waals surface area contributed by atoms with Gasteiger partial charge in [-0.2, -0.15) is 0 Å². The number of alkyl halides is 3. The van der Waals surface area contributed by atoms with Crippen LogP contribution in [-0.2, 0) is 26.2 Å². The van der Waals surface area contributed by atoms with Crippen molar-refractivity contribution in [2.75, 3.05) is 26.2 Å². The number of hydrogen-bond acceptors (Lipinski definition) is 5. The average Bonchev–Trinajstić information content (AvgIpc) is 3.31. The first-order valence-corrected chi connectivity index (χ1v) is 15.4. The Morgan fingerprint density at radius 1 is 0.864 bits per heavy atom. The van der Waals surface area contributed by atoms with Gasteiger partial charge in [0.1, 0.15) is 5.75 Å². The first kappa shape index (κ1) is 32.3. The monoisotopic (exact) mass is 627 g/mol. The van der Waals surface area contributed by atoms with Gasteiger partial charge in [0.05, 0.1) is 0 Å². The lowest BCUT2D eigenvalue weighted by molar-refractivity contribution is -0.274. The predicted molar refractivity (Wildman–Crippen MR) is 171 cm³/mol. The Bertz CT molecular complexity index is 1570. The molecule has 5 rings (SSSR count). The van der Waals surface area contributed by atoms with Crippen LogP contribution in [0.1, 0.15) is 43.4 Å². The van der Waals surface area contributed by atoms with Crippen LogP contribution in [-0.4, -0.2) is 52.4 Å². The number of fused-ring (bicyclic) bond motifs is 1. The number of aryl methyl sites for hydroxylation is 1. The summed E-state index contributed by atoms with van der Waals surface area (Å²) in [6, 6.07) is 18.9. The zero-order valence-electron chi connectivity index (χ0n) is 25.3. The van der Waals surface area contributed by atoms with Crippen molar-refractivity contribution in [3.63, 3.8) is 0 Å². The van der Waals surface area contributed by atoms with Crippen molar-refractivity contribution in [3.8, 4) is 16.9 Å². The number of hydrogen-bond donors (Lipinski definition) is 2. The molecule has 1 saturated heterocycles. The van der Waals surface area contributed by atoms with Crippen LogP contribution in [0.3, 0.4) is 0 Å². The molecule has 0 amide bonds. The van der Waals surface area contributed by atoms with E-state index in [9.17, 15) is 13.2 Å². The molecule has 0 bridgehead atoms. The molecule has 44 heavy (non-hydrogen) atoms. The van der Waals surface area contributed by atoms with E-state index in [2.05, 4.69) is 49.6 Å². The molecule has 2 heterocycles. The molecule has 4 aromatic rings. The molecule has 0 aliphatic carbocycles. The second-order valence-corrected chi connectivity index (χ2v) is 12.8. The Balaban J connectivity index is 1.38. The third-order valence-electron chi connectivity index (χ3n) is 8.21. The van der Waals surface area contributed by atoms with Gasteiger partial charge in [-0.3, -0.25) is 9.80 Å². The minimum Gasteiger partial charge on any atom is -0.406 e. The molecule has 6 nitrogen and oxygen atoms in total. The Hall–Kier alpha value is -3.08. The van der Waals surface area contributed by atoms with Crippen LogP contribution in [0.5, 0.6) is 5.75 Å². The van der Waals surface area contributed by atoms with Crippen LogP contribution < -0.4 is 16.2 Å². The maximum absolute atomic E-state index is 12.9. The molecule has 4 N–H and O–H groups in total. The predicted octanol–water partition coefficient (Wildman–Crippen LogP) is 7.15. The van der Waals surface area contributed by atoms with Gasteiger partial charge in [-0.15, -0.1) is 13.2 Å². The Morgan fingerprint density at radius 3 is 2.23 bits per heavy atom. The standard InChI is InChI=1S/C34H41ClF3N5O/c1-33(2,40)12-5-13-43-23-30(28-10-9-27(19-26(28)20-39)44-34(36,37)38)29-18-24(8-11-32(29)43)21-41-14-16-42(17-15-41)22-25-6-3-4-7-31(25)35/h3-4,6-11,18-19,23H,5,12-17,20-22,39-40H2,1-2H3. The van der Waals surface area contributed by atoms with Crippen LogP contribution >= 0.6 is 11.6 Å². The first-order valence-electron chi connectivity index (χ1n) is 15.1. The summed E-state index contributed by atoms with van der Waals surface area (Å²) in [6.45, 7) is 10.4. The number of piperazine rings is 1. The number of halogens is 4. The van der Waals surface area contributed by atoms with Crippen molar-refractivity contribution < 1.29 is 17.9 Å². The van der Waals surface area contributed by atoms with E-state index in [1.807, 2.05) is 32.0 Å². The number of benzene rings is 3. The molecule has 236 valence electrons. The molecule has 1 aliphatic heterocycles. The molecule has 3 aromatic carbocycles. The molecular weight excluding hydrogens is 587 g/mol. The summed E-state index contributed by atoms with van der Waals surface area (Å²) < 4.78 is 45.1. The summed E-state index contributed by atoms with van der Waals surface area (Å²) >= 11 is 6.38. The highest BCUT2D eigenvalue weighted by molar-refractivity contribution is 6.31. The molecule has 1 aromatic heterocycles. The van der Waals surface area contributed by atoms with E-state index in [-0.39, 0.29) is 17.8 Å². The minimum absolute atomic E-state index is 0.0799. The summed E-state index contributed by atoms with van der Waals surface area (Å²) in [7, 11) is 0. The maximum Gasteiger partial charge on any atom is 0.573 e. The van der Waals surface area contributed by atoms with Gasteiger partial charge >= 0.3 is 6.36 Å². The number of ether oxygens (including phenoxy) is 1. The normalized spacial score (nSPS) is 15.3. The van der Waals surface area contributed by atoms with Crippen LogP contribution in [0.4, 0.5) is 13.2 Å². The fourth-order valence-electron chi connectivity index (χ4n) is 5.98. The second kappa shape index (κ2) is 13.5.